The monoisotopic (exact) mass is 451 g/mol. The first kappa shape index (κ1) is 22.3. The minimum atomic E-state index is -1.03. The van der Waals surface area contributed by atoms with Gasteiger partial charge in [-0.25, -0.2) is 4.98 Å². The summed E-state index contributed by atoms with van der Waals surface area (Å²) in [6, 6.07) is 10.1. The number of carboxylic acid groups (broad SMARTS) is 2. The van der Waals surface area contributed by atoms with Crippen LogP contribution in [0.25, 0.3) is 10.9 Å². The van der Waals surface area contributed by atoms with E-state index in [4.69, 9.17) is 5.11 Å². The lowest BCUT2D eigenvalue weighted by molar-refractivity contribution is -0.143. The average Bonchev–Trinajstić information content (AvgIpc) is 3.21. The molecule has 172 valence electrons. The smallest absolute Gasteiger partial charge is 0.325 e. The van der Waals surface area contributed by atoms with Crippen molar-refractivity contribution in [3.63, 3.8) is 0 Å². The van der Waals surface area contributed by atoms with Crippen LogP contribution in [0.2, 0.25) is 0 Å². The van der Waals surface area contributed by atoms with Gasteiger partial charge in [0.2, 0.25) is 5.91 Å². The van der Waals surface area contributed by atoms with Crippen molar-refractivity contribution in [1.29, 1.82) is 0 Å². The molecule has 10 nitrogen and oxygen atoms in total. The lowest BCUT2D eigenvalue weighted by Gasteiger charge is -2.38. The third-order valence-electron chi connectivity index (χ3n) is 5.74. The molecule has 1 amide bonds. The van der Waals surface area contributed by atoms with Crippen LogP contribution >= 0.6 is 0 Å². The number of nitrogens with zero attached hydrogens (tertiary/aromatic N) is 3. The molecule has 0 bridgehead atoms. The van der Waals surface area contributed by atoms with E-state index in [0.717, 1.165) is 11.2 Å². The second kappa shape index (κ2) is 9.70. The topological polar surface area (TPSA) is 139 Å². The van der Waals surface area contributed by atoms with Gasteiger partial charge < -0.3 is 25.4 Å². The van der Waals surface area contributed by atoms with Gasteiger partial charge >= 0.3 is 11.9 Å². The Hall–Kier alpha value is -3.92. The van der Waals surface area contributed by atoms with E-state index in [1.165, 1.54) is 0 Å². The lowest BCUT2D eigenvalue weighted by atomic mass is 10.0. The van der Waals surface area contributed by atoms with Crippen molar-refractivity contribution >= 4 is 40.3 Å². The van der Waals surface area contributed by atoms with E-state index in [1.807, 2.05) is 23.1 Å². The van der Waals surface area contributed by atoms with Gasteiger partial charge in [0, 0.05) is 67.1 Å². The highest BCUT2D eigenvalue weighted by Gasteiger charge is 2.32. The maximum absolute atomic E-state index is 12.2. The number of carboxylic acids is 2. The van der Waals surface area contributed by atoms with Crippen LogP contribution in [0.5, 0.6) is 0 Å². The number of nitrogens with one attached hydrogen (secondary N) is 2. The molecule has 1 fully saturated rings. The number of amides is 1. The van der Waals surface area contributed by atoms with Crippen LogP contribution < -0.4 is 10.2 Å². The molecule has 4 rings (SSSR count). The molecule has 1 aliphatic rings. The van der Waals surface area contributed by atoms with Crippen LogP contribution in [-0.2, 0) is 14.4 Å². The van der Waals surface area contributed by atoms with Gasteiger partial charge in [-0.05, 0) is 24.3 Å². The number of hydrogen-bond acceptors (Lipinski definition) is 6. The molecule has 0 spiro atoms. The predicted molar refractivity (Wildman–Crippen MR) is 122 cm³/mol. The van der Waals surface area contributed by atoms with E-state index in [0.29, 0.717) is 42.9 Å². The fraction of sp³-hybridized carbons (Fsp3) is 0.304. The van der Waals surface area contributed by atoms with Gasteiger partial charge in [0.05, 0.1) is 6.42 Å². The molecule has 2 aromatic heterocycles. The van der Waals surface area contributed by atoms with Crippen LogP contribution in [0.4, 0.5) is 11.5 Å². The Morgan fingerprint density at radius 1 is 1.06 bits per heavy atom. The van der Waals surface area contributed by atoms with Crippen molar-refractivity contribution in [1.82, 2.24) is 14.9 Å². The highest BCUT2D eigenvalue weighted by Crippen LogP contribution is 2.31. The normalized spacial score (nSPS) is 15.3. The Bertz CT molecular complexity index is 1150. The molecular weight excluding hydrogens is 426 g/mol. The molecule has 33 heavy (non-hydrogen) atoms. The zero-order valence-electron chi connectivity index (χ0n) is 17.9. The number of rotatable bonds is 8. The van der Waals surface area contributed by atoms with E-state index in [2.05, 4.69) is 20.2 Å². The zero-order chi connectivity index (χ0) is 23.4. The van der Waals surface area contributed by atoms with Gasteiger partial charge in [0.15, 0.2) is 0 Å². The second-order valence-corrected chi connectivity index (χ2v) is 7.90. The molecule has 3 aromatic rings. The number of H-pyrrole nitrogens is 1. The van der Waals surface area contributed by atoms with Gasteiger partial charge in [0.25, 0.3) is 0 Å². The first-order valence-corrected chi connectivity index (χ1v) is 10.7. The van der Waals surface area contributed by atoms with Gasteiger partial charge in [-0.15, -0.1) is 0 Å². The van der Waals surface area contributed by atoms with E-state index in [1.54, 1.807) is 30.6 Å². The van der Waals surface area contributed by atoms with Gasteiger partial charge in [-0.3, -0.25) is 19.3 Å². The standard InChI is InChI=1S/C23H25N5O5/c29-20(6-7-21(30)31)26-15-4-5-16-17(14-25-18(16)13-15)22(23(32)33)28-11-9-27(10-12-28)19-3-1-2-8-24-19/h1-5,8,13-14,22,25H,6-7,9-12H2,(H,26,29)(H,30,31)(H,32,33). The number of piperazine rings is 1. The summed E-state index contributed by atoms with van der Waals surface area (Å²) in [5, 5.41) is 22.2. The number of carbonyl (C=O) groups excluding carboxylic acids is 1. The predicted octanol–water partition coefficient (Wildman–Crippen LogP) is 2.31. The summed E-state index contributed by atoms with van der Waals surface area (Å²) in [6.07, 6.45) is 3.09. The third kappa shape index (κ3) is 5.12. The fourth-order valence-corrected chi connectivity index (χ4v) is 4.13. The Morgan fingerprint density at radius 2 is 1.85 bits per heavy atom. The minimum Gasteiger partial charge on any atom is -0.481 e. The first-order valence-electron chi connectivity index (χ1n) is 10.7. The number of pyridine rings is 1. The van der Waals surface area contributed by atoms with Crippen molar-refractivity contribution in [3.05, 3.63) is 54.4 Å². The summed E-state index contributed by atoms with van der Waals surface area (Å²) >= 11 is 0. The maximum Gasteiger partial charge on any atom is 0.325 e. The molecule has 0 saturated carbocycles. The third-order valence-corrected chi connectivity index (χ3v) is 5.74. The van der Waals surface area contributed by atoms with Crippen LogP contribution in [0, 0.1) is 0 Å². The molecule has 0 aliphatic carbocycles. The summed E-state index contributed by atoms with van der Waals surface area (Å²) in [6.45, 7) is 2.52. The molecule has 0 radical (unpaired) electrons. The summed E-state index contributed by atoms with van der Waals surface area (Å²) in [5.41, 5.74) is 1.87. The Balaban J connectivity index is 1.48. The Morgan fingerprint density at radius 3 is 2.52 bits per heavy atom. The van der Waals surface area contributed by atoms with Crippen LogP contribution in [0.3, 0.4) is 0 Å². The molecule has 1 saturated heterocycles. The number of fused-ring (bicyclic) bond motifs is 1. The highest BCUT2D eigenvalue weighted by molar-refractivity contribution is 5.96. The van der Waals surface area contributed by atoms with E-state index in [9.17, 15) is 19.5 Å². The van der Waals surface area contributed by atoms with Crippen molar-refractivity contribution in [2.45, 2.75) is 18.9 Å². The molecule has 1 aliphatic heterocycles. The highest BCUT2D eigenvalue weighted by atomic mass is 16.4. The van der Waals surface area contributed by atoms with E-state index >= 15 is 0 Å². The van der Waals surface area contributed by atoms with Crippen molar-refractivity contribution in [2.24, 2.45) is 0 Å². The molecule has 4 N–H and O–H groups in total. The lowest BCUT2D eigenvalue weighted by Crippen LogP contribution is -2.49. The molecule has 1 aromatic carbocycles. The molecule has 10 heteroatoms. The summed E-state index contributed by atoms with van der Waals surface area (Å²) in [7, 11) is 0. The van der Waals surface area contributed by atoms with Gasteiger partial charge in [-0.1, -0.05) is 12.1 Å². The molecule has 3 heterocycles. The fourth-order valence-electron chi connectivity index (χ4n) is 4.13. The molecule has 1 unspecified atom stereocenters. The summed E-state index contributed by atoms with van der Waals surface area (Å²) < 4.78 is 0. The molecular formula is C23H25N5O5. The van der Waals surface area contributed by atoms with Crippen molar-refractivity contribution in [3.8, 4) is 0 Å². The quantitative estimate of drug-likeness (QED) is 0.409. The summed E-state index contributed by atoms with van der Waals surface area (Å²) in [5.74, 6) is -1.46. The Labute approximate surface area is 189 Å². The van der Waals surface area contributed by atoms with Crippen LogP contribution in [0.1, 0.15) is 24.4 Å². The molecule has 1 atom stereocenters. The number of aliphatic carboxylic acids is 2. The number of carbonyl (C=O) groups is 3. The maximum atomic E-state index is 12.2. The first-order chi connectivity index (χ1) is 15.9. The SMILES string of the molecule is O=C(O)CCC(=O)Nc1ccc2c(C(C(=O)O)N3CCN(c4ccccn4)CC3)c[nH]c2c1. The van der Waals surface area contributed by atoms with E-state index in [-0.39, 0.29) is 12.8 Å². The zero-order valence-corrected chi connectivity index (χ0v) is 17.9. The van der Waals surface area contributed by atoms with Gasteiger partial charge in [-0.2, -0.15) is 0 Å². The van der Waals surface area contributed by atoms with Crippen molar-refractivity contribution in [2.75, 3.05) is 36.4 Å². The minimum absolute atomic E-state index is 0.116. The average molecular weight is 451 g/mol. The van der Waals surface area contributed by atoms with Gasteiger partial charge in [0.1, 0.15) is 11.9 Å². The second-order valence-electron chi connectivity index (χ2n) is 7.90. The summed E-state index contributed by atoms with van der Waals surface area (Å²) in [4.78, 5) is 46.4. The van der Waals surface area contributed by atoms with Crippen LogP contribution in [0.15, 0.2) is 48.8 Å². The number of aromatic nitrogens is 2. The number of anilines is 2. The van der Waals surface area contributed by atoms with Crippen LogP contribution in [-0.4, -0.2) is 69.1 Å². The Kier molecular flexibility index (Phi) is 6.55. The number of aromatic amines is 1. The number of hydrogen-bond donors (Lipinski definition) is 4. The van der Waals surface area contributed by atoms with Crippen molar-refractivity contribution < 1.29 is 24.6 Å². The van der Waals surface area contributed by atoms with E-state index < -0.39 is 23.9 Å². The number of benzene rings is 1. The largest absolute Gasteiger partial charge is 0.481 e.